The molecule has 0 aliphatic carbocycles. The van der Waals surface area contributed by atoms with Crippen LogP contribution >= 0.6 is 0 Å². The van der Waals surface area contributed by atoms with Gasteiger partial charge >= 0.3 is 0 Å². The van der Waals surface area contributed by atoms with E-state index >= 15 is 0 Å². The Morgan fingerprint density at radius 3 is 2.05 bits per heavy atom. The van der Waals surface area contributed by atoms with Crippen molar-refractivity contribution in [2.24, 2.45) is 5.92 Å². The van der Waals surface area contributed by atoms with Gasteiger partial charge in [-0.05, 0) is 54.5 Å². The molecule has 1 N–H and O–H groups in total. The summed E-state index contributed by atoms with van der Waals surface area (Å²) in [6.07, 6.45) is 2.84. The predicted molar refractivity (Wildman–Crippen MR) is 171 cm³/mol. The predicted octanol–water partition coefficient (Wildman–Crippen LogP) is 5.52. The standard InChI is InChI=1S/C34H45N3O4S/c1-6-28-18-20-31(21-19-28)37(42(5,40)41)22-10-13-33(38)36(25-30-16-14-27(4)15-17-30)32(34(39)35-24-26(2)3)23-29-11-8-7-9-12-29/h7-9,11-12,14-21,26,32H,6,10,13,22-25H2,1-5H3,(H,35,39)/t32-/m1/s1. The highest BCUT2D eigenvalue weighted by atomic mass is 32.2. The van der Waals surface area contributed by atoms with Crippen LogP contribution in [0.4, 0.5) is 5.69 Å². The zero-order valence-electron chi connectivity index (χ0n) is 25.5. The number of nitrogens with one attached hydrogen (secondary N) is 1. The second-order valence-corrected chi connectivity index (χ2v) is 13.2. The molecule has 0 unspecified atom stereocenters. The van der Waals surface area contributed by atoms with E-state index in [1.165, 1.54) is 10.6 Å². The van der Waals surface area contributed by atoms with Gasteiger partial charge in [-0.25, -0.2) is 8.42 Å². The first-order valence-electron chi connectivity index (χ1n) is 14.7. The normalized spacial score (nSPS) is 12.1. The van der Waals surface area contributed by atoms with Crippen LogP contribution in [0, 0.1) is 12.8 Å². The maximum atomic E-state index is 13.9. The largest absolute Gasteiger partial charge is 0.354 e. The molecule has 0 aliphatic heterocycles. The Morgan fingerprint density at radius 2 is 1.48 bits per heavy atom. The summed E-state index contributed by atoms with van der Waals surface area (Å²) in [6.45, 7) is 9.07. The fourth-order valence-corrected chi connectivity index (χ4v) is 5.73. The Morgan fingerprint density at radius 1 is 0.857 bits per heavy atom. The molecule has 3 aromatic rings. The van der Waals surface area contributed by atoms with Gasteiger partial charge in [-0.1, -0.05) is 93.1 Å². The van der Waals surface area contributed by atoms with Crippen molar-refractivity contribution in [3.8, 4) is 0 Å². The monoisotopic (exact) mass is 591 g/mol. The van der Waals surface area contributed by atoms with Crippen molar-refractivity contribution >= 4 is 27.5 Å². The fraction of sp³-hybridized carbons (Fsp3) is 0.412. The number of hydrogen-bond donors (Lipinski definition) is 1. The van der Waals surface area contributed by atoms with Crippen LogP contribution in [-0.4, -0.2) is 50.5 Å². The summed E-state index contributed by atoms with van der Waals surface area (Å²) >= 11 is 0. The molecule has 3 rings (SSSR count). The van der Waals surface area contributed by atoms with Crippen LogP contribution in [0.5, 0.6) is 0 Å². The van der Waals surface area contributed by atoms with Gasteiger partial charge in [0.15, 0.2) is 0 Å². The van der Waals surface area contributed by atoms with Gasteiger partial charge in [0.2, 0.25) is 21.8 Å². The SMILES string of the molecule is CCc1ccc(N(CCCC(=O)N(Cc2ccc(C)cc2)[C@H](Cc2ccccc2)C(=O)NCC(C)C)S(C)(=O)=O)cc1. The van der Waals surface area contributed by atoms with Crippen molar-refractivity contribution in [2.45, 2.75) is 66.0 Å². The van der Waals surface area contributed by atoms with Gasteiger partial charge in [0, 0.05) is 32.5 Å². The van der Waals surface area contributed by atoms with Crippen LogP contribution in [0.2, 0.25) is 0 Å². The number of sulfonamides is 1. The van der Waals surface area contributed by atoms with E-state index in [0.717, 1.165) is 28.7 Å². The Bertz CT molecular complexity index is 1390. The number of carbonyl (C=O) groups is 2. The average molecular weight is 592 g/mol. The van der Waals surface area contributed by atoms with Crippen LogP contribution in [-0.2, 0) is 39.0 Å². The zero-order valence-corrected chi connectivity index (χ0v) is 26.4. The first-order chi connectivity index (χ1) is 20.0. The van der Waals surface area contributed by atoms with Crippen molar-refractivity contribution in [3.63, 3.8) is 0 Å². The molecular formula is C34H45N3O4S. The van der Waals surface area contributed by atoms with Crippen molar-refractivity contribution in [1.29, 1.82) is 0 Å². The van der Waals surface area contributed by atoms with E-state index in [-0.39, 0.29) is 37.2 Å². The van der Waals surface area contributed by atoms with E-state index in [9.17, 15) is 18.0 Å². The second kappa shape index (κ2) is 15.5. The van der Waals surface area contributed by atoms with Crippen LogP contribution in [0.15, 0.2) is 78.9 Å². The lowest BCUT2D eigenvalue weighted by molar-refractivity contribution is -0.141. The van der Waals surface area contributed by atoms with Gasteiger partial charge in [-0.3, -0.25) is 13.9 Å². The molecule has 0 saturated heterocycles. The number of amides is 2. The van der Waals surface area contributed by atoms with Crippen LogP contribution in [0.1, 0.15) is 55.9 Å². The Hall–Kier alpha value is -3.65. The molecule has 0 fully saturated rings. The molecule has 0 saturated carbocycles. The molecule has 2 amide bonds. The van der Waals surface area contributed by atoms with E-state index in [1.807, 2.05) is 94.4 Å². The second-order valence-electron chi connectivity index (χ2n) is 11.3. The van der Waals surface area contributed by atoms with E-state index < -0.39 is 16.1 Å². The molecule has 42 heavy (non-hydrogen) atoms. The molecule has 0 aromatic heterocycles. The third-order valence-corrected chi connectivity index (χ3v) is 8.41. The number of anilines is 1. The summed E-state index contributed by atoms with van der Waals surface area (Å²) in [4.78, 5) is 29.2. The summed E-state index contributed by atoms with van der Waals surface area (Å²) < 4.78 is 26.7. The highest BCUT2D eigenvalue weighted by Gasteiger charge is 2.30. The van der Waals surface area contributed by atoms with Gasteiger partial charge in [0.05, 0.1) is 11.9 Å². The van der Waals surface area contributed by atoms with Crippen molar-refractivity contribution < 1.29 is 18.0 Å². The van der Waals surface area contributed by atoms with E-state index in [2.05, 4.69) is 5.32 Å². The summed E-state index contributed by atoms with van der Waals surface area (Å²) in [5.41, 5.74) is 4.70. The number of hydrogen-bond acceptors (Lipinski definition) is 4. The first kappa shape index (κ1) is 32.9. The first-order valence-corrected chi connectivity index (χ1v) is 16.6. The van der Waals surface area contributed by atoms with Gasteiger partial charge in [-0.2, -0.15) is 0 Å². The zero-order chi connectivity index (χ0) is 30.7. The van der Waals surface area contributed by atoms with Gasteiger partial charge in [0.1, 0.15) is 6.04 Å². The fourth-order valence-electron chi connectivity index (χ4n) is 4.77. The average Bonchev–Trinajstić information content (AvgIpc) is 2.96. The molecular weight excluding hydrogens is 546 g/mol. The minimum atomic E-state index is -3.55. The maximum Gasteiger partial charge on any atom is 0.243 e. The molecule has 226 valence electrons. The Kier molecular flexibility index (Phi) is 12.2. The van der Waals surface area contributed by atoms with E-state index in [4.69, 9.17) is 0 Å². The Balaban J connectivity index is 1.86. The van der Waals surface area contributed by atoms with E-state index in [1.54, 1.807) is 17.0 Å². The van der Waals surface area contributed by atoms with Crippen molar-refractivity contribution in [3.05, 3.63) is 101 Å². The number of aryl methyl sites for hydroxylation is 2. The molecule has 7 nitrogen and oxygen atoms in total. The molecule has 0 aliphatic rings. The van der Waals surface area contributed by atoms with Crippen LogP contribution in [0.3, 0.4) is 0 Å². The Labute approximate surface area is 252 Å². The molecule has 0 spiro atoms. The highest BCUT2D eigenvalue weighted by Crippen LogP contribution is 2.21. The summed E-state index contributed by atoms with van der Waals surface area (Å²) in [5, 5.41) is 3.04. The van der Waals surface area contributed by atoms with Gasteiger partial charge in [-0.15, -0.1) is 0 Å². The summed E-state index contributed by atoms with van der Waals surface area (Å²) in [6, 6.07) is 24.4. The molecule has 0 heterocycles. The topological polar surface area (TPSA) is 86.8 Å². The highest BCUT2D eigenvalue weighted by molar-refractivity contribution is 7.92. The van der Waals surface area contributed by atoms with Crippen molar-refractivity contribution in [1.82, 2.24) is 10.2 Å². The molecule has 0 bridgehead atoms. The lowest BCUT2D eigenvalue weighted by Gasteiger charge is -2.32. The number of rotatable bonds is 15. The molecule has 8 heteroatoms. The summed E-state index contributed by atoms with van der Waals surface area (Å²) in [5.74, 6) is -0.117. The van der Waals surface area contributed by atoms with Crippen LogP contribution < -0.4 is 9.62 Å². The lowest BCUT2D eigenvalue weighted by Crippen LogP contribution is -2.51. The summed E-state index contributed by atoms with van der Waals surface area (Å²) in [7, 11) is -3.55. The maximum absolute atomic E-state index is 13.9. The quantitative estimate of drug-likeness (QED) is 0.252. The lowest BCUT2D eigenvalue weighted by atomic mass is 10.0. The third-order valence-electron chi connectivity index (χ3n) is 7.21. The minimum Gasteiger partial charge on any atom is -0.354 e. The number of benzene rings is 3. The molecule has 1 atom stereocenters. The number of carbonyl (C=O) groups excluding carboxylic acids is 2. The molecule has 3 aromatic carbocycles. The van der Waals surface area contributed by atoms with E-state index in [0.29, 0.717) is 25.1 Å². The van der Waals surface area contributed by atoms with Gasteiger partial charge < -0.3 is 10.2 Å². The van der Waals surface area contributed by atoms with Crippen LogP contribution in [0.25, 0.3) is 0 Å². The smallest absolute Gasteiger partial charge is 0.243 e. The minimum absolute atomic E-state index is 0.105. The third kappa shape index (κ3) is 10.0. The van der Waals surface area contributed by atoms with Gasteiger partial charge in [0.25, 0.3) is 0 Å². The molecule has 0 radical (unpaired) electrons. The number of nitrogens with zero attached hydrogens (tertiary/aromatic N) is 2. The van der Waals surface area contributed by atoms with Crippen molar-refractivity contribution in [2.75, 3.05) is 23.7 Å².